The predicted molar refractivity (Wildman–Crippen MR) is 87.9 cm³/mol. The van der Waals surface area contributed by atoms with Crippen LogP contribution in [0.25, 0.3) is 0 Å². The lowest BCUT2D eigenvalue weighted by Gasteiger charge is -2.28. The minimum absolute atomic E-state index is 0.101. The molecule has 2 aromatic carbocycles. The zero-order valence-electron chi connectivity index (χ0n) is 12.8. The Morgan fingerprint density at radius 1 is 1.05 bits per heavy atom. The molecule has 2 atom stereocenters. The van der Waals surface area contributed by atoms with Gasteiger partial charge in [-0.1, -0.05) is 36.4 Å². The average molecular weight is 298 g/mol. The van der Waals surface area contributed by atoms with Gasteiger partial charge in [-0.25, -0.2) is 5.43 Å². The van der Waals surface area contributed by atoms with Crippen LogP contribution in [0.4, 0.5) is 11.4 Å². The number of hydrogen-bond acceptors (Lipinski definition) is 4. The highest BCUT2D eigenvalue weighted by Gasteiger charge is 2.27. The second-order valence-corrected chi connectivity index (χ2v) is 5.29. The third-order valence-electron chi connectivity index (χ3n) is 3.65. The van der Waals surface area contributed by atoms with Crippen LogP contribution in [0.2, 0.25) is 0 Å². The van der Waals surface area contributed by atoms with Gasteiger partial charge in [-0.3, -0.25) is 5.01 Å². The minimum atomic E-state index is -0.101. The molecule has 0 radical (unpaired) electrons. The molecule has 1 saturated heterocycles. The summed E-state index contributed by atoms with van der Waals surface area (Å²) < 4.78 is 11.2. The third kappa shape index (κ3) is 3.65. The second kappa shape index (κ2) is 7.40. The maximum Gasteiger partial charge on any atom is 0.159 e. The molecule has 116 valence electrons. The molecular formula is C18H22N2O2. The highest BCUT2D eigenvalue weighted by atomic mass is 16.7. The smallest absolute Gasteiger partial charge is 0.159 e. The van der Waals surface area contributed by atoms with Gasteiger partial charge < -0.3 is 9.47 Å². The third-order valence-corrected chi connectivity index (χ3v) is 3.65. The number of nitrogens with zero attached hydrogens (tertiary/aromatic N) is 1. The molecule has 0 aliphatic carbocycles. The van der Waals surface area contributed by atoms with E-state index in [1.807, 2.05) is 43.3 Å². The van der Waals surface area contributed by atoms with Crippen molar-refractivity contribution in [3.63, 3.8) is 0 Å². The Labute approximate surface area is 131 Å². The largest absolute Gasteiger partial charge is 0.353 e. The topological polar surface area (TPSA) is 33.7 Å². The molecule has 1 heterocycles. The van der Waals surface area contributed by atoms with Gasteiger partial charge in [-0.2, -0.15) is 0 Å². The first-order valence-electron chi connectivity index (χ1n) is 7.76. The normalized spacial score (nSPS) is 21.0. The number of para-hydroxylation sites is 2. The molecule has 1 aliphatic heterocycles. The molecular weight excluding hydrogens is 276 g/mol. The van der Waals surface area contributed by atoms with Crippen molar-refractivity contribution in [2.75, 3.05) is 18.2 Å². The van der Waals surface area contributed by atoms with Crippen LogP contribution in [0.1, 0.15) is 13.3 Å². The maximum atomic E-state index is 5.67. The van der Waals surface area contributed by atoms with Crippen LogP contribution in [0.5, 0.6) is 0 Å². The summed E-state index contributed by atoms with van der Waals surface area (Å²) in [6.07, 6.45) is 0.750. The summed E-state index contributed by atoms with van der Waals surface area (Å²) in [6, 6.07) is 20.8. The molecule has 4 heteroatoms. The van der Waals surface area contributed by atoms with Crippen molar-refractivity contribution in [1.29, 1.82) is 0 Å². The van der Waals surface area contributed by atoms with Gasteiger partial charge in [0.05, 0.1) is 24.0 Å². The molecule has 22 heavy (non-hydrogen) atoms. The Morgan fingerprint density at radius 3 is 2.18 bits per heavy atom. The van der Waals surface area contributed by atoms with E-state index >= 15 is 0 Å². The molecule has 0 saturated carbocycles. The van der Waals surface area contributed by atoms with Crippen LogP contribution in [-0.2, 0) is 9.47 Å². The van der Waals surface area contributed by atoms with E-state index < -0.39 is 0 Å². The number of benzene rings is 2. The van der Waals surface area contributed by atoms with E-state index in [0.717, 1.165) is 17.8 Å². The quantitative estimate of drug-likeness (QED) is 0.828. The Morgan fingerprint density at radius 2 is 1.64 bits per heavy atom. The summed E-state index contributed by atoms with van der Waals surface area (Å²) >= 11 is 0. The zero-order chi connectivity index (χ0) is 15.2. The van der Waals surface area contributed by atoms with Gasteiger partial charge in [0, 0.05) is 13.0 Å². The van der Waals surface area contributed by atoms with E-state index in [4.69, 9.17) is 9.47 Å². The number of ether oxygens (including phenoxy) is 2. The van der Waals surface area contributed by atoms with Crippen LogP contribution in [0, 0.1) is 0 Å². The number of hydrogen-bond donors (Lipinski definition) is 1. The van der Waals surface area contributed by atoms with Gasteiger partial charge in [0.2, 0.25) is 0 Å². The summed E-state index contributed by atoms with van der Waals surface area (Å²) in [4.78, 5) is 0. The predicted octanol–water partition coefficient (Wildman–Crippen LogP) is 3.48. The van der Waals surface area contributed by atoms with E-state index in [2.05, 4.69) is 34.7 Å². The standard InChI is InChI=1S/C18H22N2O2/c1-2-21-18-13-15(14-22-18)19-20(16-9-5-3-6-10-16)17-11-7-4-8-12-17/h3-12,15,18-19H,2,13-14H2,1H3/t15-,18-/m1/s1. The van der Waals surface area contributed by atoms with Gasteiger partial charge >= 0.3 is 0 Å². The summed E-state index contributed by atoms with van der Waals surface area (Å²) in [6.45, 7) is 3.32. The maximum absolute atomic E-state index is 5.67. The Balaban J connectivity index is 1.76. The van der Waals surface area contributed by atoms with E-state index in [1.54, 1.807) is 0 Å². The highest BCUT2D eigenvalue weighted by molar-refractivity contribution is 5.61. The fraction of sp³-hybridized carbons (Fsp3) is 0.333. The molecule has 0 amide bonds. The summed E-state index contributed by atoms with van der Waals surface area (Å²) in [5.74, 6) is 0. The summed E-state index contributed by atoms with van der Waals surface area (Å²) in [5.41, 5.74) is 5.78. The zero-order valence-corrected chi connectivity index (χ0v) is 12.8. The van der Waals surface area contributed by atoms with Gasteiger partial charge in [0.25, 0.3) is 0 Å². The first-order valence-corrected chi connectivity index (χ1v) is 7.76. The first kappa shape index (κ1) is 15.0. The lowest BCUT2D eigenvalue weighted by atomic mass is 10.2. The highest BCUT2D eigenvalue weighted by Crippen LogP contribution is 2.24. The lowest BCUT2D eigenvalue weighted by Crippen LogP contribution is -2.42. The van der Waals surface area contributed by atoms with Crippen LogP contribution < -0.4 is 10.4 Å². The molecule has 1 aliphatic rings. The Bertz CT molecular complexity index is 522. The van der Waals surface area contributed by atoms with Crippen molar-refractivity contribution in [1.82, 2.24) is 5.43 Å². The van der Waals surface area contributed by atoms with Gasteiger partial charge in [-0.05, 0) is 31.2 Å². The van der Waals surface area contributed by atoms with Crippen molar-refractivity contribution in [3.05, 3.63) is 60.7 Å². The van der Waals surface area contributed by atoms with Crippen LogP contribution in [0.15, 0.2) is 60.7 Å². The summed E-state index contributed by atoms with van der Waals surface area (Å²) in [5, 5.41) is 2.11. The summed E-state index contributed by atoms with van der Waals surface area (Å²) in [7, 11) is 0. The van der Waals surface area contributed by atoms with E-state index in [9.17, 15) is 0 Å². The average Bonchev–Trinajstić information content (AvgIpc) is 3.02. The molecule has 3 rings (SSSR count). The van der Waals surface area contributed by atoms with Crippen molar-refractivity contribution in [3.8, 4) is 0 Å². The van der Waals surface area contributed by atoms with Crippen molar-refractivity contribution >= 4 is 11.4 Å². The van der Waals surface area contributed by atoms with Crippen molar-refractivity contribution in [2.45, 2.75) is 25.7 Å². The van der Waals surface area contributed by atoms with Crippen molar-refractivity contribution < 1.29 is 9.47 Å². The SMILES string of the molecule is CCO[C@H]1C[C@@H](NN(c2ccccc2)c2ccccc2)CO1. The molecule has 4 nitrogen and oxygen atoms in total. The number of nitrogens with one attached hydrogen (secondary N) is 1. The molecule has 0 bridgehead atoms. The van der Waals surface area contributed by atoms with Gasteiger partial charge in [0.15, 0.2) is 6.29 Å². The van der Waals surface area contributed by atoms with Crippen LogP contribution in [-0.4, -0.2) is 25.5 Å². The van der Waals surface area contributed by atoms with E-state index in [0.29, 0.717) is 13.2 Å². The molecule has 1 fully saturated rings. The molecule has 0 unspecified atom stereocenters. The van der Waals surface area contributed by atoms with E-state index in [1.165, 1.54) is 0 Å². The van der Waals surface area contributed by atoms with Crippen LogP contribution >= 0.6 is 0 Å². The van der Waals surface area contributed by atoms with Crippen molar-refractivity contribution in [2.24, 2.45) is 0 Å². The fourth-order valence-electron chi connectivity index (χ4n) is 2.62. The molecule has 0 spiro atoms. The molecule has 0 aromatic heterocycles. The monoisotopic (exact) mass is 298 g/mol. The Kier molecular flexibility index (Phi) is 5.06. The van der Waals surface area contributed by atoms with E-state index in [-0.39, 0.29) is 12.3 Å². The Hall–Kier alpha value is -1.88. The second-order valence-electron chi connectivity index (χ2n) is 5.29. The number of hydrazine groups is 1. The van der Waals surface area contributed by atoms with Crippen LogP contribution in [0.3, 0.4) is 0 Å². The minimum Gasteiger partial charge on any atom is -0.353 e. The number of rotatable bonds is 6. The lowest BCUT2D eigenvalue weighted by molar-refractivity contribution is -0.106. The molecule has 2 aromatic rings. The molecule has 1 N–H and O–H groups in total. The number of anilines is 2. The first-order chi connectivity index (χ1) is 10.9. The fourth-order valence-corrected chi connectivity index (χ4v) is 2.62. The van der Waals surface area contributed by atoms with Gasteiger partial charge in [-0.15, -0.1) is 0 Å². The van der Waals surface area contributed by atoms with Gasteiger partial charge in [0.1, 0.15) is 0 Å².